The van der Waals surface area contributed by atoms with Crippen LogP contribution >= 0.6 is 0 Å². The number of allylic oxidation sites excluding steroid dienone is 1. The topological polar surface area (TPSA) is 61.8 Å². The molecule has 0 aromatic carbocycles. The quantitative estimate of drug-likeness (QED) is 0.415. The van der Waals surface area contributed by atoms with Crippen LogP contribution in [0.25, 0.3) is 0 Å². The van der Waals surface area contributed by atoms with Gasteiger partial charge in [0.05, 0.1) is 13.4 Å². The molecule has 1 fully saturated rings. The van der Waals surface area contributed by atoms with Gasteiger partial charge in [0.25, 0.3) is 5.79 Å². The van der Waals surface area contributed by atoms with Crippen molar-refractivity contribution >= 4 is 11.9 Å². The van der Waals surface area contributed by atoms with Crippen molar-refractivity contribution < 1.29 is 23.8 Å². The van der Waals surface area contributed by atoms with Crippen molar-refractivity contribution in [3.63, 3.8) is 0 Å². The van der Waals surface area contributed by atoms with E-state index in [4.69, 9.17) is 14.2 Å². The monoisotopic (exact) mass is 228 g/mol. The van der Waals surface area contributed by atoms with Crippen LogP contribution < -0.4 is 0 Å². The number of cyclic esters (lactones) is 2. The van der Waals surface area contributed by atoms with E-state index in [2.05, 4.69) is 0 Å². The summed E-state index contributed by atoms with van der Waals surface area (Å²) in [5.74, 6) is -2.33. The van der Waals surface area contributed by atoms with Crippen LogP contribution in [-0.4, -0.2) is 24.8 Å². The fraction of sp³-hybridized carbons (Fsp3) is 0.636. The molecular formula is C11H16O5. The molecule has 0 saturated carbocycles. The zero-order valence-electron chi connectivity index (χ0n) is 9.90. The third kappa shape index (κ3) is 2.35. The van der Waals surface area contributed by atoms with Gasteiger partial charge < -0.3 is 14.2 Å². The molecule has 16 heavy (non-hydrogen) atoms. The number of hydrogen-bond acceptors (Lipinski definition) is 5. The molecule has 90 valence electrons. The smallest absolute Gasteiger partial charge is 0.326 e. The van der Waals surface area contributed by atoms with Crippen LogP contribution in [0.5, 0.6) is 0 Å². The van der Waals surface area contributed by atoms with Gasteiger partial charge in [-0.15, -0.1) is 0 Å². The highest BCUT2D eigenvalue weighted by Gasteiger charge is 2.52. The molecule has 1 heterocycles. The standard InChI is InChI=1S/C11H16O5/c1-10(2)15-8(12)11(3,9(13)16-10)6-5-7-14-4/h5,7H,6H2,1-4H3/b7-5-. The minimum Gasteiger partial charge on any atom is -0.505 e. The number of methoxy groups -OCH3 is 1. The molecule has 0 bridgehead atoms. The Morgan fingerprint density at radius 1 is 1.19 bits per heavy atom. The molecule has 0 radical (unpaired) electrons. The number of carbonyl (C=O) groups excluding carboxylic acids is 2. The first-order valence-electron chi connectivity index (χ1n) is 4.96. The lowest BCUT2D eigenvalue weighted by atomic mass is 9.86. The number of rotatable bonds is 3. The minimum atomic E-state index is -1.29. The molecule has 0 unspecified atom stereocenters. The van der Waals surface area contributed by atoms with Crippen molar-refractivity contribution in [1.82, 2.24) is 0 Å². The van der Waals surface area contributed by atoms with E-state index < -0.39 is 23.1 Å². The van der Waals surface area contributed by atoms with E-state index in [9.17, 15) is 9.59 Å². The first kappa shape index (κ1) is 12.5. The summed E-state index contributed by atoms with van der Waals surface area (Å²) in [6, 6.07) is 0. The number of esters is 2. The van der Waals surface area contributed by atoms with Crippen molar-refractivity contribution in [3.05, 3.63) is 12.3 Å². The average molecular weight is 228 g/mol. The first-order valence-corrected chi connectivity index (χ1v) is 4.96. The lowest BCUT2D eigenvalue weighted by Gasteiger charge is -2.37. The molecule has 0 aromatic heterocycles. The van der Waals surface area contributed by atoms with Crippen molar-refractivity contribution in [2.45, 2.75) is 33.0 Å². The Kier molecular flexibility index (Phi) is 3.26. The van der Waals surface area contributed by atoms with Crippen LogP contribution in [0.1, 0.15) is 27.2 Å². The Morgan fingerprint density at radius 2 is 1.69 bits per heavy atom. The van der Waals surface area contributed by atoms with E-state index in [1.165, 1.54) is 34.1 Å². The number of ether oxygens (including phenoxy) is 3. The Bertz CT molecular complexity index is 309. The van der Waals surface area contributed by atoms with Gasteiger partial charge >= 0.3 is 11.9 Å². The summed E-state index contributed by atoms with van der Waals surface area (Å²) in [5, 5.41) is 0. The molecule has 1 saturated heterocycles. The highest BCUT2D eigenvalue weighted by Crippen LogP contribution is 2.34. The molecule has 1 aliphatic rings. The fourth-order valence-electron chi connectivity index (χ4n) is 1.32. The predicted molar refractivity (Wildman–Crippen MR) is 55.1 cm³/mol. The summed E-state index contributed by atoms with van der Waals surface area (Å²) in [7, 11) is 1.49. The van der Waals surface area contributed by atoms with Gasteiger partial charge in [-0.1, -0.05) is 0 Å². The molecule has 0 spiro atoms. The lowest BCUT2D eigenvalue weighted by Crippen LogP contribution is -2.52. The van der Waals surface area contributed by atoms with E-state index in [1.54, 1.807) is 6.08 Å². The summed E-state index contributed by atoms with van der Waals surface area (Å²) < 4.78 is 14.8. The Labute approximate surface area is 94.4 Å². The second-order valence-corrected chi connectivity index (χ2v) is 4.32. The Morgan fingerprint density at radius 3 is 2.12 bits per heavy atom. The van der Waals surface area contributed by atoms with Gasteiger partial charge in [-0.3, -0.25) is 9.59 Å². The third-order valence-electron chi connectivity index (χ3n) is 2.34. The van der Waals surface area contributed by atoms with Gasteiger partial charge in [0.2, 0.25) is 0 Å². The van der Waals surface area contributed by atoms with E-state index >= 15 is 0 Å². The van der Waals surface area contributed by atoms with Crippen LogP contribution in [0.4, 0.5) is 0 Å². The largest absolute Gasteiger partial charge is 0.505 e. The fourth-order valence-corrected chi connectivity index (χ4v) is 1.32. The second-order valence-electron chi connectivity index (χ2n) is 4.32. The molecule has 0 amide bonds. The van der Waals surface area contributed by atoms with Gasteiger partial charge in [0.15, 0.2) is 5.41 Å². The average Bonchev–Trinajstić information content (AvgIpc) is 2.14. The van der Waals surface area contributed by atoms with Crippen LogP contribution in [0.3, 0.4) is 0 Å². The van der Waals surface area contributed by atoms with Crippen LogP contribution in [0.15, 0.2) is 12.3 Å². The highest BCUT2D eigenvalue weighted by atomic mass is 16.7. The highest BCUT2D eigenvalue weighted by molar-refractivity contribution is 6.01. The van der Waals surface area contributed by atoms with Crippen LogP contribution in [0.2, 0.25) is 0 Å². The molecule has 5 heteroatoms. The molecule has 0 aliphatic carbocycles. The Balaban J connectivity index is 2.84. The van der Waals surface area contributed by atoms with E-state index in [0.717, 1.165) is 0 Å². The predicted octanol–water partition coefficient (Wildman–Crippen LogP) is 1.38. The zero-order valence-corrected chi connectivity index (χ0v) is 9.90. The van der Waals surface area contributed by atoms with Gasteiger partial charge in [0, 0.05) is 13.8 Å². The normalized spacial score (nSPS) is 22.8. The molecule has 1 rings (SSSR count). The molecule has 0 N–H and O–H groups in total. The summed E-state index contributed by atoms with van der Waals surface area (Å²) >= 11 is 0. The van der Waals surface area contributed by atoms with Crippen molar-refractivity contribution in [3.8, 4) is 0 Å². The van der Waals surface area contributed by atoms with Gasteiger partial charge in [-0.05, 0) is 19.4 Å². The van der Waals surface area contributed by atoms with E-state index in [-0.39, 0.29) is 6.42 Å². The van der Waals surface area contributed by atoms with Crippen molar-refractivity contribution in [1.29, 1.82) is 0 Å². The maximum absolute atomic E-state index is 11.7. The van der Waals surface area contributed by atoms with E-state index in [0.29, 0.717) is 0 Å². The van der Waals surface area contributed by atoms with Gasteiger partial charge in [-0.2, -0.15) is 0 Å². The number of carbonyl (C=O) groups is 2. The van der Waals surface area contributed by atoms with Crippen LogP contribution in [0, 0.1) is 5.41 Å². The molecule has 5 nitrogen and oxygen atoms in total. The summed E-state index contributed by atoms with van der Waals surface area (Å²) in [6.45, 7) is 4.54. The Hall–Kier alpha value is -1.52. The summed E-state index contributed by atoms with van der Waals surface area (Å²) in [5.41, 5.74) is -1.29. The summed E-state index contributed by atoms with van der Waals surface area (Å²) in [4.78, 5) is 23.5. The molecule has 1 aliphatic heterocycles. The van der Waals surface area contributed by atoms with Crippen molar-refractivity contribution in [2.24, 2.45) is 5.41 Å². The zero-order chi connectivity index (χ0) is 12.4. The van der Waals surface area contributed by atoms with Gasteiger partial charge in [0.1, 0.15) is 0 Å². The number of hydrogen-bond donors (Lipinski definition) is 0. The first-order chi connectivity index (χ1) is 7.32. The second kappa shape index (κ2) is 4.15. The minimum absolute atomic E-state index is 0.189. The summed E-state index contributed by atoms with van der Waals surface area (Å²) in [6.07, 6.45) is 3.18. The lowest BCUT2D eigenvalue weighted by molar-refractivity contribution is -0.249. The van der Waals surface area contributed by atoms with Crippen molar-refractivity contribution in [2.75, 3.05) is 7.11 Å². The third-order valence-corrected chi connectivity index (χ3v) is 2.34. The SMILES string of the molecule is CO/C=C\CC1(C)C(=O)OC(C)(C)OC1=O. The maximum atomic E-state index is 11.7. The molecular weight excluding hydrogens is 212 g/mol. The molecule has 0 atom stereocenters. The molecule has 0 aromatic rings. The van der Waals surface area contributed by atoms with Crippen LogP contribution in [-0.2, 0) is 23.8 Å². The maximum Gasteiger partial charge on any atom is 0.326 e. The van der Waals surface area contributed by atoms with Gasteiger partial charge in [-0.25, -0.2) is 0 Å². The van der Waals surface area contributed by atoms with E-state index in [1.807, 2.05) is 0 Å².